The van der Waals surface area contributed by atoms with Crippen molar-refractivity contribution >= 4 is 11.4 Å². The van der Waals surface area contributed by atoms with Gasteiger partial charge >= 0.3 is 0 Å². The molecule has 0 saturated heterocycles. The second-order valence-corrected chi connectivity index (χ2v) is 5.76. The number of hydrogen-bond donors (Lipinski definition) is 2. The van der Waals surface area contributed by atoms with Crippen LogP contribution < -0.4 is 21.5 Å². The first-order chi connectivity index (χ1) is 9.28. The lowest BCUT2D eigenvalue weighted by Crippen LogP contribution is -2.41. The minimum atomic E-state index is -0.515. The van der Waals surface area contributed by atoms with Crippen molar-refractivity contribution < 1.29 is 4.39 Å². The molecule has 20 heavy (non-hydrogen) atoms. The average Bonchev–Trinajstić information content (AvgIpc) is 2.38. The molecule has 0 fully saturated rings. The first kappa shape index (κ1) is 14.2. The molecule has 0 saturated carbocycles. The summed E-state index contributed by atoms with van der Waals surface area (Å²) < 4.78 is 12.8. The van der Waals surface area contributed by atoms with E-state index in [4.69, 9.17) is 0 Å². The monoisotopic (exact) mass is 276 g/mol. The Morgan fingerprint density at radius 1 is 1.00 bits per heavy atom. The van der Waals surface area contributed by atoms with Gasteiger partial charge in [0, 0.05) is 12.1 Å². The number of rotatable bonds is 4. The fourth-order valence-corrected chi connectivity index (χ4v) is 1.85. The predicted molar refractivity (Wildman–Crippen MR) is 78.5 cm³/mol. The normalized spacial score (nSPS) is 11.6. The van der Waals surface area contributed by atoms with E-state index >= 15 is 0 Å². The summed E-state index contributed by atoms with van der Waals surface area (Å²) in [6.07, 6.45) is 0. The van der Waals surface area contributed by atoms with Crippen LogP contribution in [0.25, 0.3) is 0 Å². The Labute approximate surface area is 116 Å². The lowest BCUT2D eigenvalue weighted by Gasteiger charge is -2.24. The van der Waals surface area contributed by atoms with E-state index in [1.807, 2.05) is 20.8 Å². The average molecular weight is 276 g/mol. The molecule has 0 unspecified atom stereocenters. The molecule has 0 aliphatic carbocycles. The molecular formula is C15H17FN2O2. The van der Waals surface area contributed by atoms with Crippen molar-refractivity contribution in [3.05, 3.63) is 56.1 Å². The maximum atomic E-state index is 12.8. The van der Waals surface area contributed by atoms with Crippen LogP contribution in [0.2, 0.25) is 0 Å². The molecule has 0 aliphatic heterocycles. The van der Waals surface area contributed by atoms with Gasteiger partial charge in [0.25, 0.3) is 10.9 Å². The van der Waals surface area contributed by atoms with Gasteiger partial charge in [0.15, 0.2) is 0 Å². The van der Waals surface area contributed by atoms with E-state index in [9.17, 15) is 14.0 Å². The van der Waals surface area contributed by atoms with E-state index in [1.165, 1.54) is 12.1 Å². The molecule has 2 rings (SSSR count). The highest BCUT2D eigenvalue weighted by Crippen LogP contribution is 2.20. The molecule has 5 heteroatoms. The van der Waals surface area contributed by atoms with Crippen molar-refractivity contribution in [2.24, 2.45) is 0 Å². The summed E-state index contributed by atoms with van der Waals surface area (Å²) >= 11 is 0. The summed E-state index contributed by atoms with van der Waals surface area (Å²) in [7, 11) is 0. The maximum Gasteiger partial charge on any atom is 0.253 e. The van der Waals surface area contributed by atoms with Gasteiger partial charge in [0.2, 0.25) is 0 Å². The van der Waals surface area contributed by atoms with Crippen LogP contribution in [0.5, 0.6) is 0 Å². The van der Waals surface area contributed by atoms with Crippen LogP contribution in [0, 0.1) is 5.82 Å². The first-order valence-corrected chi connectivity index (χ1v) is 6.38. The van der Waals surface area contributed by atoms with Crippen molar-refractivity contribution in [2.45, 2.75) is 32.9 Å². The summed E-state index contributed by atoms with van der Waals surface area (Å²) in [5.74, 6) is -0.307. The van der Waals surface area contributed by atoms with Gasteiger partial charge in [0.1, 0.15) is 17.2 Å². The van der Waals surface area contributed by atoms with Gasteiger partial charge in [-0.1, -0.05) is 12.1 Å². The number of benzene rings is 1. The molecule has 0 aromatic heterocycles. The minimum Gasteiger partial charge on any atom is -0.376 e. The number of hydrogen-bond acceptors (Lipinski definition) is 4. The SMILES string of the molecule is CC(C)(C)Nc1c(NCc2ccc(F)cc2)c(=O)c1=O. The first-order valence-electron chi connectivity index (χ1n) is 6.38. The fourth-order valence-electron chi connectivity index (χ4n) is 1.85. The molecule has 0 bridgehead atoms. The van der Waals surface area contributed by atoms with Crippen LogP contribution in [-0.4, -0.2) is 5.54 Å². The largest absolute Gasteiger partial charge is 0.376 e. The number of halogens is 1. The quantitative estimate of drug-likeness (QED) is 0.841. The highest BCUT2D eigenvalue weighted by molar-refractivity contribution is 5.74. The Bertz CT molecular complexity index is 677. The summed E-state index contributed by atoms with van der Waals surface area (Å²) in [6, 6.07) is 5.97. The third-order valence-electron chi connectivity index (χ3n) is 2.79. The number of nitrogens with one attached hydrogen (secondary N) is 2. The van der Waals surface area contributed by atoms with Crippen molar-refractivity contribution in [2.75, 3.05) is 10.6 Å². The Hall–Kier alpha value is -2.17. The molecule has 4 nitrogen and oxygen atoms in total. The van der Waals surface area contributed by atoms with Gasteiger partial charge in [-0.15, -0.1) is 0 Å². The van der Waals surface area contributed by atoms with Crippen LogP contribution in [0.1, 0.15) is 26.3 Å². The van der Waals surface area contributed by atoms with Crippen molar-refractivity contribution in [1.82, 2.24) is 0 Å². The maximum absolute atomic E-state index is 12.8. The molecule has 0 amide bonds. The molecular weight excluding hydrogens is 259 g/mol. The third kappa shape index (κ3) is 3.04. The summed E-state index contributed by atoms with van der Waals surface area (Å²) in [6.45, 7) is 6.10. The summed E-state index contributed by atoms with van der Waals surface area (Å²) in [5.41, 5.74) is 0.148. The Morgan fingerprint density at radius 3 is 2.10 bits per heavy atom. The molecule has 2 aromatic rings. The standard InChI is InChI=1S/C15H17FN2O2/c1-15(2,3)18-12-11(13(19)14(12)20)17-8-9-4-6-10(16)7-5-9/h4-7,17-18H,8H2,1-3H3. The zero-order chi connectivity index (χ0) is 14.9. The highest BCUT2D eigenvalue weighted by atomic mass is 19.1. The molecule has 0 atom stereocenters. The molecule has 0 aliphatic rings. The van der Waals surface area contributed by atoms with Gasteiger partial charge < -0.3 is 10.6 Å². The van der Waals surface area contributed by atoms with E-state index in [1.54, 1.807) is 12.1 Å². The lowest BCUT2D eigenvalue weighted by molar-refractivity contribution is 0.627. The third-order valence-corrected chi connectivity index (χ3v) is 2.79. The second-order valence-electron chi connectivity index (χ2n) is 5.76. The molecule has 0 spiro atoms. The van der Waals surface area contributed by atoms with Crippen molar-refractivity contribution in [1.29, 1.82) is 0 Å². The molecule has 0 heterocycles. The smallest absolute Gasteiger partial charge is 0.253 e. The minimum absolute atomic E-state index is 0.297. The fraction of sp³-hybridized carbons (Fsp3) is 0.333. The van der Waals surface area contributed by atoms with Crippen LogP contribution in [0.3, 0.4) is 0 Å². The summed E-state index contributed by atoms with van der Waals surface area (Å²) in [5, 5.41) is 5.95. The predicted octanol–water partition coefficient (Wildman–Crippen LogP) is 2.24. The van der Waals surface area contributed by atoms with Crippen LogP contribution in [0.4, 0.5) is 15.8 Å². The number of anilines is 2. The topological polar surface area (TPSA) is 58.2 Å². The van der Waals surface area contributed by atoms with Gasteiger partial charge in [-0.2, -0.15) is 0 Å². The Kier molecular flexibility index (Phi) is 3.61. The van der Waals surface area contributed by atoms with Crippen LogP contribution in [-0.2, 0) is 6.54 Å². The van der Waals surface area contributed by atoms with Crippen molar-refractivity contribution in [3.8, 4) is 0 Å². The van der Waals surface area contributed by atoms with Crippen molar-refractivity contribution in [3.63, 3.8) is 0 Å². The van der Waals surface area contributed by atoms with Gasteiger partial charge in [-0.3, -0.25) is 9.59 Å². The van der Waals surface area contributed by atoms with Crippen LogP contribution >= 0.6 is 0 Å². The van der Waals surface area contributed by atoms with E-state index in [0.717, 1.165) is 5.56 Å². The lowest BCUT2D eigenvalue weighted by atomic mass is 10.1. The van der Waals surface area contributed by atoms with Crippen LogP contribution in [0.15, 0.2) is 33.9 Å². The zero-order valence-corrected chi connectivity index (χ0v) is 11.7. The molecule has 2 aromatic carbocycles. The van der Waals surface area contributed by atoms with E-state index < -0.39 is 10.9 Å². The van der Waals surface area contributed by atoms with Gasteiger partial charge in [-0.05, 0) is 38.5 Å². The van der Waals surface area contributed by atoms with E-state index in [-0.39, 0.29) is 11.4 Å². The van der Waals surface area contributed by atoms with Gasteiger partial charge in [0.05, 0.1) is 0 Å². The van der Waals surface area contributed by atoms with E-state index in [2.05, 4.69) is 10.6 Å². The zero-order valence-electron chi connectivity index (χ0n) is 11.7. The highest BCUT2D eigenvalue weighted by Gasteiger charge is 2.24. The molecule has 106 valence electrons. The molecule has 2 N–H and O–H groups in total. The summed E-state index contributed by atoms with van der Waals surface area (Å²) in [4.78, 5) is 23.1. The second kappa shape index (κ2) is 5.07. The van der Waals surface area contributed by atoms with Gasteiger partial charge in [-0.25, -0.2) is 4.39 Å². The van der Waals surface area contributed by atoms with E-state index in [0.29, 0.717) is 17.9 Å². The Balaban J connectivity index is 2.11. The Morgan fingerprint density at radius 2 is 1.55 bits per heavy atom. The molecule has 0 radical (unpaired) electrons.